The molecule has 1 aromatic carbocycles. The van der Waals surface area contributed by atoms with Crippen LogP contribution in [0.4, 0.5) is 0 Å². The van der Waals surface area contributed by atoms with Gasteiger partial charge in [-0.3, -0.25) is 4.90 Å². The highest BCUT2D eigenvalue weighted by atomic mass is 35.5. The van der Waals surface area contributed by atoms with E-state index in [2.05, 4.69) is 30.1 Å². The van der Waals surface area contributed by atoms with Gasteiger partial charge in [-0.25, -0.2) is 0 Å². The fourth-order valence-electron chi connectivity index (χ4n) is 2.23. The lowest BCUT2D eigenvalue weighted by Gasteiger charge is -2.32. The zero-order chi connectivity index (χ0) is 11.5. The summed E-state index contributed by atoms with van der Waals surface area (Å²) < 4.78 is 0. The van der Waals surface area contributed by atoms with Crippen LogP contribution in [0.25, 0.3) is 0 Å². The summed E-state index contributed by atoms with van der Waals surface area (Å²) in [7, 11) is 0. The standard InChI is InChI=1S/C13H19ClN2.ClH/c1-10-7-13(14)4-3-12(10)9-16-6-5-15-11(2)8-16;/h3-4,7,11,15H,5-6,8-9H2,1-2H3;1H. The molecule has 1 fully saturated rings. The molecule has 0 saturated carbocycles. The maximum atomic E-state index is 5.96. The molecule has 0 spiro atoms. The Bertz CT molecular complexity index is 368. The normalized spacial score (nSPS) is 21.0. The Hall–Kier alpha value is -0.280. The largest absolute Gasteiger partial charge is 0.312 e. The molecule has 0 radical (unpaired) electrons. The molecule has 4 heteroatoms. The van der Waals surface area contributed by atoms with Crippen LogP contribution in [-0.2, 0) is 6.54 Å². The van der Waals surface area contributed by atoms with Crippen molar-refractivity contribution in [3.8, 4) is 0 Å². The van der Waals surface area contributed by atoms with E-state index in [1.165, 1.54) is 11.1 Å². The minimum absolute atomic E-state index is 0. The Kier molecular flexibility index (Phi) is 5.74. The van der Waals surface area contributed by atoms with Gasteiger partial charge < -0.3 is 5.32 Å². The van der Waals surface area contributed by atoms with Gasteiger partial charge in [-0.2, -0.15) is 0 Å². The molecule has 0 amide bonds. The topological polar surface area (TPSA) is 15.3 Å². The van der Waals surface area contributed by atoms with Crippen molar-refractivity contribution in [3.63, 3.8) is 0 Å². The molecule has 1 unspecified atom stereocenters. The highest BCUT2D eigenvalue weighted by molar-refractivity contribution is 6.30. The van der Waals surface area contributed by atoms with Gasteiger partial charge in [-0.15, -0.1) is 12.4 Å². The number of rotatable bonds is 2. The van der Waals surface area contributed by atoms with Crippen LogP contribution in [0, 0.1) is 6.92 Å². The Labute approximate surface area is 115 Å². The van der Waals surface area contributed by atoms with Gasteiger partial charge in [0.25, 0.3) is 0 Å². The maximum Gasteiger partial charge on any atom is 0.0408 e. The van der Waals surface area contributed by atoms with E-state index < -0.39 is 0 Å². The summed E-state index contributed by atoms with van der Waals surface area (Å²) in [5, 5.41) is 4.29. The Morgan fingerprint density at radius 1 is 1.47 bits per heavy atom. The summed E-state index contributed by atoms with van der Waals surface area (Å²) in [5.41, 5.74) is 2.68. The van der Waals surface area contributed by atoms with Crippen LogP contribution >= 0.6 is 24.0 Å². The molecule has 1 heterocycles. The SMILES string of the molecule is Cc1cc(Cl)ccc1CN1CCNC(C)C1.Cl. The van der Waals surface area contributed by atoms with Crippen molar-refractivity contribution in [2.75, 3.05) is 19.6 Å². The number of benzene rings is 1. The first-order chi connectivity index (χ1) is 7.65. The van der Waals surface area contributed by atoms with E-state index in [4.69, 9.17) is 11.6 Å². The van der Waals surface area contributed by atoms with Crippen molar-refractivity contribution in [1.82, 2.24) is 10.2 Å². The summed E-state index contributed by atoms with van der Waals surface area (Å²) in [6.07, 6.45) is 0. The third kappa shape index (κ3) is 4.14. The first-order valence-corrected chi connectivity index (χ1v) is 6.24. The molecule has 1 atom stereocenters. The Morgan fingerprint density at radius 2 is 2.24 bits per heavy atom. The van der Waals surface area contributed by atoms with E-state index in [1.807, 2.05) is 12.1 Å². The molecule has 17 heavy (non-hydrogen) atoms. The lowest BCUT2D eigenvalue weighted by Crippen LogP contribution is -2.48. The molecule has 1 aromatic rings. The van der Waals surface area contributed by atoms with E-state index in [-0.39, 0.29) is 12.4 Å². The second-order valence-electron chi connectivity index (χ2n) is 4.66. The minimum atomic E-state index is 0. The van der Waals surface area contributed by atoms with Crippen LogP contribution < -0.4 is 5.32 Å². The van der Waals surface area contributed by atoms with Gasteiger partial charge in [-0.05, 0) is 37.1 Å². The molecular formula is C13H20Cl2N2. The molecule has 1 N–H and O–H groups in total. The highest BCUT2D eigenvalue weighted by Gasteiger charge is 2.15. The van der Waals surface area contributed by atoms with Gasteiger partial charge in [0.05, 0.1) is 0 Å². The number of halogens is 2. The second kappa shape index (κ2) is 6.60. The van der Waals surface area contributed by atoms with Crippen LogP contribution in [0.1, 0.15) is 18.1 Å². The van der Waals surface area contributed by atoms with Crippen LogP contribution in [0.15, 0.2) is 18.2 Å². The van der Waals surface area contributed by atoms with Crippen molar-refractivity contribution in [3.05, 3.63) is 34.3 Å². The fraction of sp³-hybridized carbons (Fsp3) is 0.538. The molecule has 0 aromatic heterocycles. The summed E-state index contributed by atoms with van der Waals surface area (Å²) >= 11 is 5.96. The minimum Gasteiger partial charge on any atom is -0.312 e. The third-order valence-corrected chi connectivity index (χ3v) is 3.39. The smallest absolute Gasteiger partial charge is 0.0408 e. The van der Waals surface area contributed by atoms with E-state index in [1.54, 1.807) is 0 Å². The molecule has 1 aliphatic rings. The molecule has 0 bridgehead atoms. The molecule has 1 aliphatic heterocycles. The zero-order valence-electron chi connectivity index (χ0n) is 10.4. The number of aryl methyl sites for hydroxylation is 1. The number of piperazine rings is 1. The average molecular weight is 275 g/mol. The van der Waals surface area contributed by atoms with E-state index >= 15 is 0 Å². The zero-order valence-corrected chi connectivity index (χ0v) is 11.9. The maximum absolute atomic E-state index is 5.96. The molecule has 2 nitrogen and oxygen atoms in total. The summed E-state index contributed by atoms with van der Waals surface area (Å²) in [6.45, 7) is 8.75. The number of hydrogen-bond donors (Lipinski definition) is 1. The van der Waals surface area contributed by atoms with Gasteiger partial charge in [0.1, 0.15) is 0 Å². The van der Waals surface area contributed by atoms with Crippen molar-refractivity contribution in [1.29, 1.82) is 0 Å². The Balaban J connectivity index is 0.00000144. The number of nitrogens with zero attached hydrogens (tertiary/aromatic N) is 1. The highest BCUT2D eigenvalue weighted by Crippen LogP contribution is 2.17. The van der Waals surface area contributed by atoms with Gasteiger partial charge in [0, 0.05) is 37.2 Å². The quantitative estimate of drug-likeness (QED) is 0.892. The molecule has 1 saturated heterocycles. The van der Waals surface area contributed by atoms with Crippen molar-refractivity contribution in [2.24, 2.45) is 0 Å². The van der Waals surface area contributed by atoms with Crippen LogP contribution in [0.2, 0.25) is 5.02 Å². The Morgan fingerprint density at radius 3 is 2.88 bits per heavy atom. The molecular weight excluding hydrogens is 255 g/mol. The summed E-state index contributed by atoms with van der Waals surface area (Å²) in [5.74, 6) is 0. The summed E-state index contributed by atoms with van der Waals surface area (Å²) in [6, 6.07) is 6.77. The number of hydrogen-bond acceptors (Lipinski definition) is 2. The predicted molar refractivity (Wildman–Crippen MR) is 76.2 cm³/mol. The van der Waals surface area contributed by atoms with E-state index in [0.29, 0.717) is 6.04 Å². The van der Waals surface area contributed by atoms with E-state index in [0.717, 1.165) is 31.2 Å². The monoisotopic (exact) mass is 274 g/mol. The van der Waals surface area contributed by atoms with Crippen LogP contribution in [0.5, 0.6) is 0 Å². The van der Waals surface area contributed by atoms with Crippen molar-refractivity contribution < 1.29 is 0 Å². The van der Waals surface area contributed by atoms with Crippen LogP contribution in [-0.4, -0.2) is 30.6 Å². The fourth-order valence-corrected chi connectivity index (χ4v) is 2.46. The first-order valence-electron chi connectivity index (χ1n) is 5.86. The van der Waals surface area contributed by atoms with Gasteiger partial charge in [-0.1, -0.05) is 17.7 Å². The molecule has 2 rings (SSSR count). The van der Waals surface area contributed by atoms with Gasteiger partial charge in [0.15, 0.2) is 0 Å². The average Bonchev–Trinajstić information content (AvgIpc) is 2.22. The summed E-state index contributed by atoms with van der Waals surface area (Å²) in [4.78, 5) is 2.50. The molecule has 0 aliphatic carbocycles. The van der Waals surface area contributed by atoms with E-state index in [9.17, 15) is 0 Å². The van der Waals surface area contributed by atoms with Crippen LogP contribution in [0.3, 0.4) is 0 Å². The third-order valence-electron chi connectivity index (χ3n) is 3.15. The second-order valence-corrected chi connectivity index (χ2v) is 5.10. The molecule has 96 valence electrons. The number of nitrogens with one attached hydrogen (secondary N) is 1. The van der Waals surface area contributed by atoms with Gasteiger partial charge in [0.2, 0.25) is 0 Å². The predicted octanol–water partition coefficient (Wildman–Crippen LogP) is 2.86. The van der Waals surface area contributed by atoms with Crippen molar-refractivity contribution in [2.45, 2.75) is 26.4 Å². The van der Waals surface area contributed by atoms with Crippen molar-refractivity contribution >= 4 is 24.0 Å². The lowest BCUT2D eigenvalue weighted by molar-refractivity contribution is 0.199. The van der Waals surface area contributed by atoms with Gasteiger partial charge >= 0.3 is 0 Å². The first kappa shape index (κ1) is 14.8. The lowest BCUT2D eigenvalue weighted by atomic mass is 10.1.